The second kappa shape index (κ2) is 2.13. The fourth-order valence-electron chi connectivity index (χ4n) is 0.893. The molecule has 1 saturated heterocycles. The highest BCUT2D eigenvalue weighted by atomic mass is 19.3. The summed E-state index contributed by atoms with van der Waals surface area (Å²) in [5.74, 6) is -2.75. The molecule has 0 aliphatic carbocycles. The summed E-state index contributed by atoms with van der Waals surface area (Å²) in [6.07, 6.45) is 0. The van der Waals surface area contributed by atoms with Gasteiger partial charge in [-0.2, -0.15) is 0 Å². The van der Waals surface area contributed by atoms with Crippen molar-refractivity contribution >= 4 is 0 Å². The lowest BCUT2D eigenvalue weighted by molar-refractivity contribution is -0.0744. The van der Waals surface area contributed by atoms with Crippen LogP contribution in [0.2, 0.25) is 0 Å². The van der Waals surface area contributed by atoms with Crippen molar-refractivity contribution in [2.45, 2.75) is 12.8 Å². The normalized spacial score (nSPS) is 38.4. The van der Waals surface area contributed by atoms with Gasteiger partial charge in [0.1, 0.15) is 6.61 Å². The van der Waals surface area contributed by atoms with Crippen LogP contribution in [0.15, 0.2) is 0 Å². The van der Waals surface area contributed by atoms with Gasteiger partial charge >= 0.3 is 0 Å². The molecule has 1 fully saturated rings. The van der Waals surface area contributed by atoms with Gasteiger partial charge in [-0.25, -0.2) is 8.78 Å². The van der Waals surface area contributed by atoms with E-state index >= 15 is 0 Å². The smallest absolute Gasteiger partial charge is 0.279 e. The fourth-order valence-corrected chi connectivity index (χ4v) is 0.893. The van der Waals surface area contributed by atoms with Crippen molar-refractivity contribution in [3.05, 3.63) is 0 Å². The highest BCUT2D eigenvalue weighted by molar-refractivity contribution is 4.94. The second-order valence-electron chi connectivity index (χ2n) is 2.96. The third-order valence-electron chi connectivity index (χ3n) is 2.04. The Balaban J connectivity index is 2.76. The van der Waals surface area contributed by atoms with Gasteiger partial charge in [0, 0.05) is 6.54 Å². The molecular formula is C6H11F2NO. The summed E-state index contributed by atoms with van der Waals surface area (Å²) in [5.41, 5.74) is 4.04. The summed E-state index contributed by atoms with van der Waals surface area (Å²) in [4.78, 5) is 0. The Bertz CT molecular complexity index is 140. The average molecular weight is 151 g/mol. The van der Waals surface area contributed by atoms with E-state index in [0.29, 0.717) is 0 Å². The van der Waals surface area contributed by atoms with Gasteiger partial charge in [0.05, 0.1) is 12.0 Å². The molecule has 60 valence electrons. The Morgan fingerprint density at radius 2 is 2.10 bits per heavy atom. The molecule has 0 saturated carbocycles. The van der Waals surface area contributed by atoms with Crippen LogP contribution in [0.5, 0.6) is 0 Å². The Hall–Kier alpha value is -0.220. The van der Waals surface area contributed by atoms with Crippen molar-refractivity contribution in [3.63, 3.8) is 0 Å². The van der Waals surface area contributed by atoms with Crippen LogP contribution < -0.4 is 5.73 Å². The van der Waals surface area contributed by atoms with E-state index in [1.54, 1.807) is 0 Å². The molecule has 10 heavy (non-hydrogen) atoms. The van der Waals surface area contributed by atoms with Crippen LogP contribution in [0.3, 0.4) is 0 Å². The molecule has 2 nitrogen and oxygen atoms in total. The minimum absolute atomic E-state index is 0.0278. The van der Waals surface area contributed by atoms with E-state index in [1.807, 2.05) is 0 Å². The monoisotopic (exact) mass is 151 g/mol. The average Bonchev–Trinajstić information content (AvgIpc) is 2.10. The predicted octanol–water partition coefficient (Wildman–Crippen LogP) is 0.617. The van der Waals surface area contributed by atoms with Gasteiger partial charge in [-0.3, -0.25) is 0 Å². The molecule has 1 aliphatic rings. The van der Waals surface area contributed by atoms with Gasteiger partial charge in [-0.15, -0.1) is 0 Å². The molecule has 1 aliphatic heterocycles. The molecule has 4 heteroatoms. The summed E-state index contributed by atoms with van der Waals surface area (Å²) < 4.78 is 30.2. The van der Waals surface area contributed by atoms with Crippen LogP contribution in [0.25, 0.3) is 0 Å². The second-order valence-corrected chi connectivity index (χ2v) is 2.96. The van der Waals surface area contributed by atoms with Crippen LogP contribution in [-0.4, -0.2) is 25.7 Å². The zero-order chi connectivity index (χ0) is 7.83. The van der Waals surface area contributed by atoms with Gasteiger partial charge in [0.25, 0.3) is 5.92 Å². The van der Waals surface area contributed by atoms with E-state index < -0.39 is 17.9 Å². The molecule has 1 heterocycles. The van der Waals surface area contributed by atoms with Crippen molar-refractivity contribution < 1.29 is 13.5 Å². The number of hydrogen-bond donors (Lipinski definition) is 1. The maximum Gasteiger partial charge on any atom is 0.279 e. The van der Waals surface area contributed by atoms with Gasteiger partial charge in [-0.05, 0) is 0 Å². The first-order valence-electron chi connectivity index (χ1n) is 3.17. The molecule has 0 unspecified atom stereocenters. The molecule has 0 aromatic heterocycles. The van der Waals surface area contributed by atoms with E-state index in [2.05, 4.69) is 4.74 Å². The van der Waals surface area contributed by atoms with Crippen LogP contribution in [-0.2, 0) is 4.74 Å². The molecule has 0 spiro atoms. The molecule has 0 radical (unpaired) electrons. The Morgan fingerprint density at radius 3 is 2.30 bits per heavy atom. The predicted molar refractivity (Wildman–Crippen MR) is 32.9 cm³/mol. The van der Waals surface area contributed by atoms with E-state index in [0.717, 1.165) is 0 Å². The van der Waals surface area contributed by atoms with Crippen molar-refractivity contribution in [1.82, 2.24) is 0 Å². The van der Waals surface area contributed by atoms with Crippen LogP contribution in [0, 0.1) is 5.41 Å². The van der Waals surface area contributed by atoms with Gasteiger partial charge in [0.2, 0.25) is 0 Å². The first-order valence-corrected chi connectivity index (χ1v) is 3.17. The quantitative estimate of drug-likeness (QED) is 0.596. The number of halogens is 2. The largest absolute Gasteiger partial charge is 0.374 e. The van der Waals surface area contributed by atoms with Gasteiger partial charge < -0.3 is 10.5 Å². The lowest BCUT2D eigenvalue weighted by Crippen LogP contribution is -2.43. The van der Waals surface area contributed by atoms with Crippen LogP contribution >= 0.6 is 0 Å². The molecule has 0 aromatic rings. The Kier molecular flexibility index (Phi) is 1.68. The summed E-state index contributed by atoms with van der Waals surface area (Å²) >= 11 is 0. The zero-order valence-corrected chi connectivity index (χ0v) is 5.86. The van der Waals surface area contributed by atoms with Gasteiger partial charge in [-0.1, -0.05) is 6.92 Å². The lowest BCUT2D eigenvalue weighted by Gasteiger charge is -2.26. The molecule has 0 amide bonds. The molecule has 0 bridgehead atoms. The summed E-state index contributed by atoms with van der Waals surface area (Å²) in [6, 6.07) is 0. The molecule has 0 aromatic carbocycles. The number of rotatable bonds is 1. The van der Waals surface area contributed by atoms with Crippen molar-refractivity contribution in [1.29, 1.82) is 0 Å². The Morgan fingerprint density at radius 1 is 1.50 bits per heavy atom. The van der Waals surface area contributed by atoms with Crippen LogP contribution in [0.1, 0.15) is 6.92 Å². The van der Waals surface area contributed by atoms with Crippen molar-refractivity contribution in [2.24, 2.45) is 11.1 Å². The van der Waals surface area contributed by atoms with E-state index in [-0.39, 0.29) is 13.2 Å². The SMILES string of the molecule is C[C@@]1(CN)COCC1(F)F. The number of hydrogen-bond acceptors (Lipinski definition) is 2. The maximum absolute atomic E-state index is 12.8. The molecule has 1 atom stereocenters. The van der Waals surface area contributed by atoms with E-state index in [4.69, 9.17) is 5.73 Å². The van der Waals surface area contributed by atoms with Crippen molar-refractivity contribution in [3.8, 4) is 0 Å². The minimum Gasteiger partial charge on any atom is -0.374 e. The fraction of sp³-hybridized carbons (Fsp3) is 1.00. The Labute approximate surface area is 58.3 Å². The van der Waals surface area contributed by atoms with Crippen LogP contribution in [0.4, 0.5) is 8.78 Å². The number of alkyl halides is 2. The standard InChI is InChI=1S/C6H11F2NO/c1-5(2-9)3-10-4-6(5,7)8/h2-4,9H2,1H3/t5-/m1/s1. The number of nitrogens with two attached hydrogens (primary N) is 1. The summed E-state index contributed by atoms with van der Waals surface area (Å²) in [5, 5.41) is 0. The van der Waals surface area contributed by atoms with Gasteiger partial charge in [0.15, 0.2) is 0 Å². The first kappa shape index (κ1) is 7.88. The highest BCUT2D eigenvalue weighted by Gasteiger charge is 2.54. The topological polar surface area (TPSA) is 35.2 Å². The molecular weight excluding hydrogens is 140 g/mol. The third-order valence-corrected chi connectivity index (χ3v) is 2.04. The maximum atomic E-state index is 12.8. The van der Waals surface area contributed by atoms with Crippen molar-refractivity contribution in [2.75, 3.05) is 19.8 Å². The highest BCUT2D eigenvalue weighted by Crippen LogP contribution is 2.40. The molecule has 1 rings (SSSR count). The lowest BCUT2D eigenvalue weighted by atomic mass is 9.87. The third kappa shape index (κ3) is 0.914. The van der Waals surface area contributed by atoms with E-state index in [1.165, 1.54) is 6.92 Å². The summed E-state index contributed by atoms with van der Waals surface area (Å²) in [6.45, 7) is 0.997. The minimum atomic E-state index is -2.75. The zero-order valence-electron chi connectivity index (χ0n) is 5.86. The molecule has 2 N–H and O–H groups in total. The number of ether oxygens (including phenoxy) is 1. The first-order chi connectivity index (χ1) is 4.52. The van der Waals surface area contributed by atoms with E-state index in [9.17, 15) is 8.78 Å². The summed E-state index contributed by atoms with van der Waals surface area (Å²) in [7, 11) is 0.